The Morgan fingerprint density at radius 3 is 1.26 bits per heavy atom. The van der Waals surface area contributed by atoms with Gasteiger partial charge in [-0.2, -0.15) is 27.8 Å². The van der Waals surface area contributed by atoms with Gasteiger partial charge in [0, 0.05) is 26.0 Å². The molecule has 0 fully saturated rings. The van der Waals surface area contributed by atoms with Crippen LogP contribution in [0.5, 0.6) is 0 Å². The summed E-state index contributed by atoms with van der Waals surface area (Å²) in [4.78, 5) is 7.25. The molecule has 5 aromatic rings. The topological polar surface area (TPSA) is 39.4 Å². The molecule has 0 N–H and O–H groups in total. The number of nitroso groups, excluding NO2 is 1. The van der Waals surface area contributed by atoms with Crippen LogP contribution in [0.25, 0.3) is 5.59 Å². The second kappa shape index (κ2) is 22.6. The maximum atomic E-state index is 7.25. The molecule has 0 heterocycles. The molecule has 5 rings (SSSR count). The van der Waals surface area contributed by atoms with Crippen molar-refractivity contribution in [1.82, 2.24) is 0 Å². The van der Waals surface area contributed by atoms with Crippen molar-refractivity contribution >= 4 is 23.8 Å². The monoisotopic (exact) mass is 802 g/mol. The van der Waals surface area contributed by atoms with E-state index in [-0.39, 0.29) is 20.4 Å². The third-order valence-electron chi connectivity index (χ3n) is 7.57. The predicted molar refractivity (Wildman–Crippen MR) is 200 cm³/mol. The number of hydrogen-bond donors (Lipinski definition) is 0. The van der Waals surface area contributed by atoms with Gasteiger partial charge in [-0.05, 0) is 73.2 Å². The fourth-order valence-electron chi connectivity index (χ4n) is 4.59. The first-order valence-corrected chi connectivity index (χ1v) is 16.2. The summed E-state index contributed by atoms with van der Waals surface area (Å²) in [5, 5.41) is 4.31. The van der Waals surface area contributed by atoms with E-state index in [0.717, 1.165) is 5.56 Å². The summed E-state index contributed by atoms with van der Waals surface area (Å²) >= 11 is 0. The number of benzene rings is 4. The fourth-order valence-corrected chi connectivity index (χ4v) is 7.16. The molecule has 0 unspecified atom stereocenters. The van der Waals surface area contributed by atoms with Crippen LogP contribution in [-0.4, -0.2) is 0 Å². The number of hydrogen-bond acceptors (Lipinski definition) is 1. The summed E-state index contributed by atoms with van der Waals surface area (Å²) in [6.07, 6.45) is 6.51. The van der Waals surface area contributed by atoms with Crippen molar-refractivity contribution in [3.63, 3.8) is 0 Å². The van der Waals surface area contributed by atoms with E-state index in [9.17, 15) is 0 Å². The Balaban J connectivity index is 0.000000355. The molecular weight excluding hydrogens is 764 g/mol. The molecule has 2 nitrogen and oxygen atoms in total. The molecule has 235 valence electrons. The van der Waals surface area contributed by atoms with Crippen LogP contribution >= 0.6 is 7.92 Å². The molecule has 0 spiro atoms. The summed E-state index contributed by atoms with van der Waals surface area (Å²) < 4.78 is 0. The average molecular weight is 802 g/mol. The predicted octanol–water partition coefficient (Wildman–Crippen LogP) is 8.39. The fraction of sp³-hybridized carbons (Fsp3) is 0.140. The van der Waals surface area contributed by atoms with Crippen molar-refractivity contribution in [3.8, 4) is 41.4 Å². The molecule has 0 aromatic heterocycles. The van der Waals surface area contributed by atoms with Crippen LogP contribution in [0.15, 0.2) is 115 Å². The van der Waals surface area contributed by atoms with Crippen LogP contribution in [0, 0.1) is 94.3 Å². The Morgan fingerprint density at radius 2 is 0.915 bits per heavy atom. The van der Waals surface area contributed by atoms with Gasteiger partial charge in [0.1, 0.15) is 15.9 Å². The first-order chi connectivity index (χ1) is 22.3. The third kappa shape index (κ3) is 13.2. The van der Waals surface area contributed by atoms with Gasteiger partial charge in [0.15, 0.2) is 0 Å². The smallest absolute Gasteiger partial charge is 0.102 e. The second-order valence-electron chi connectivity index (χ2n) is 10.3. The molecule has 0 atom stereocenters. The first kappa shape index (κ1) is 40.2. The molecule has 0 saturated carbocycles. The molecule has 0 amide bonds. The Morgan fingerprint density at radius 1 is 0.553 bits per heavy atom. The standard InChI is InChI=1S/C18H15P.C15H7.C10H15.NO.Re/c1-4-10-16(11-5-1)19(17-12-6-2-7-13-17)18-14-8-3-9-15-18;1-3-4-5-6-7-8-9-15-12-10-14(2)11-13-15;1-6-7(2)9(4)10(5)8(6)3;1-2;/h1-15H;10-13H,2H3;1-5H3;;/q;3*-1;/p+1. The minimum Gasteiger partial charge on any atom is -0.577 e. The zero-order valence-electron chi connectivity index (χ0n) is 27.7. The van der Waals surface area contributed by atoms with Crippen molar-refractivity contribution in [2.24, 2.45) is 0 Å². The van der Waals surface area contributed by atoms with E-state index in [0.29, 0.717) is 0 Å². The molecular formula is C43H38NOPRe-2. The van der Waals surface area contributed by atoms with Crippen LogP contribution in [0.1, 0.15) is 38.9 Å². The van der Waals surface area contributed by atoms with Crippen molar-refractivity contribution in [2.75, 3.05) is 0 Å². The molecule has 4 heteroatoms. The molecule has 0 aliphatic heterocycles. The minimum absolute atomic E-state index is 0. The molecule has 47 heavy (non-hydrogen) atoms. The van der Waals surface area contributed by atoms with Gasteiger partial charge in [0.25, 0.3) is 0 Å². The zero-order valence-corrected chi connectivity index (χ0v) is 31.4. The molecule has 0 aliphatic carbocycles. The van der Waals surface area contributed by atoms with Crippen LogP contribution in [-0.2, 0) is 20.4 Å². The maximum Gasteiger partial charge on any atom is 0.102 e. The third-order valence-corrected chi connectivity index (χ3v) is 10.3. The Bertz CT molecular complexity index is 1710. The maximum absolute atomic E-state index is 7.25. The van der Waals surface area contributed by atoms with E-state index in [1.54, 1.807) is 0 Å². The summed E-state index contributed by atoms with van der Waals surface area (Å²) in [5.41, 5.74) is 15.2. The van der Waals surface area contributed by atoms with Crippen LogP contribution in [0.2, 0.25) is 0 Å². The minimum atomic E-state index is -0.877. The Hall–Kier alpha value is -4.84. The van der Waals surface area contributed by atoms with E-state index in [1.807, 2.05) is 37.1 Å². The van der Waals surface area contributed by atoms with Crippen molar-refractivity contribution < 1.29 is 20.4 Å². The Kier molecular flexibility index (Phi) is 19.4. The van der Waals surface area contributed by atoms with Crippen LogP contribution < -0.4 is 15.9 Å². The number of aryl methyl sites for hydroxylation is 1. The van der Waals surface area contributed by atoms with E-state index >= 15 is 0 Å². The van der Waals surface area contributed by atoms with Crippen molar-refractivity contribution in [3.05, 3.63) is 171 Å². The number of nitrogens with zero attached hydrogens (tertiary/aromatic N) is 1. The van der Waals surface area contributed by atoms with E-state index in [4.69, 9.17) is 16.9 Å². The summed E-state index contributed by atoms with van der Waals surface area (Å²) in [6.45, 7) is 13.0. The molecule has 5 aromatic carbocycles. The van der Waals surface area contributed by atoms with Crippen molar-refractivity contribution in [1.29, 1.82) is 0 Å². The molecule has 0 saturated heterocycles. The Labute approximate surface area is 297 Å². The van der Waals surface area contributed by atoms with Gasteiger partial charge in [-0.3, -0.25) is 5.92 Å². The van der Waals surface area contributed by atoms with E-state index in [2.05, 4.69) is 161 Å². The van der Waals surface area contributed by atoms with Gasteiger partial charge in [-0.15, -0.1) is 5.92 Å². The normalized spacial score (nSPS) is 8.72. The van der Waals surface area contributed by atoms with E-state index in [1.165, 1.54) is 49.3 Å². The van der Waals surface area contributed by atoms with Gasteiger partial charge >= 0.3 is 0 Å². The van der Waals surface area contributed by atoms with Crippen molar-refractivity contribution in [2.45, 2.75) is 41.5 Å². The SMILES string of the molecule is Cc1c(C)c(C)[c-](C)c1C.[C-]#CC#CC#CC#Cc1ccc(C)cc1.[N-]=O.[Re].c1ccc([PH+](c2ccccc2)c2ccccc2)cc1. The van der Waals surface area contributed by atoms with Gasteiger partial charge in [-0.1, -0.05) is 113 Å². The summed E-state index contributed by atoms with van der Waals surface area (Å²) in [6, 6.07) is 40.4. The molecule has 0 aliphatic rings. The van der Waals surface area contributed by atoms with Crippen LogP contribution in [0.4, 0.5) is 0 Å². The largest absolute Gasteiger partial charge is 0.577 e. The quantitative estimate of drug-likeness (QED) is 0.103. The average Bonchev–Trinajstić information content (AvgIpc) is 3.27. The molecule has 0 bridgehead atoms. The van der Waals surface area contributed by atoms with E-state index < -0.39 is 7.92 Å². The summed E-state index contributed by atoms with van der Waals surface area (Å²) in [5.74, 6) is 17.3. The number of rotatable bonds is 3. The second-order valence-corrected chi connectivity index (χ2v) is 12.8. The first-order valence-electron chi connectivity index (χ1n) is 14.7. The molecule has 1 radical (unpaired) electrons. The van der Waals surface area contributed by atoms with Crippen LogP contribution in [0.3, 0.4) is 0 Å². The van der Waals surface area contributed by atoms with Gasteiger partial charge in [0.2, 0.25) is 0 Å². The van der Waals surface area contributed by atoms with Gasteiger partial charge in [0.05, 0.1) is 7.92 Å². The summed E-state index contributed by atoms with van der Waals surface area (Å²) in [7, 11) is -0.877. The van der Waals surface area contributed by atoms with Gasteiger partial charge < -0.3 is 16.9 Å². The zero-order chi connectivity index (χ0) is 33.7. The van der Waals surface area contributed by atoms with Gasteiger partial charge in [-0.25, -0.2) is 5.92 Å².